The Balaban J connectivity index is 2.73. The Labute approximate surface area is 174 Å². The molecule has 5 nitrogen and oxygen atoms in total. The van der Waals surface area contributed by atoms with Crippen LogP contribution in [0.15, 0.2) is 24.3 Å². The summed E-state index contributed by atoms with van der Waals surface area (Å²) in [5, 5.41) is 13.9. The number of methoxy groups -OCH3 is 1. The number of anilines is 1. The number of nitrogens with zero attached hydrogens (tertiary/aromatic N) is 1. The maximum atomic E-state index is 13.2. The third-order valence-corrected chi connectivity index (χ3v) is 4.78. The Morgan fingerprint density at radius 2 is 1.90 bits per heavy atom. The number of amides is 1. The smallest absolute Gasteiger partial charge is 0.416 e. The van der Waals surface area contributed by atoms with E-state index in [4.69, 9.17) is 4.74 Å². The number of ether oxygens (including phenoxy) is 1. The monoisotopic (exact) mass is 424 g/mol. The number of aromatic nitrogens is 1. The molecule has 2 N–H and O–H groups in total. The normalized spacial score (nSPS) is 13.1. The van der Waals surface area contributed by atoms with E-state index in [9.17, 15) is 23.1 Å². The van der Waals surface area contributed by atoms with E-state index in [0.717, 1.165) is 12.1 Å². The number of aliphatic hydroxyl groups excluding tert-OH is 1. The molecule has 1 heterocycles. The highest BCUT2D eigenvalue weighted by atomic mass is 19.4. The Morgan fingerprint density at radius 1 is 1.27 bits per heavy atom. The molecule has 1 aromatic carbocycles. The molecule has 0 aliphatic carbocycles. The first-order chi connectivity index (χ1) is 13.8. The molecular formula is C22H27F3N2O3. The van der Waals surface area contributed by atoms with E-state index in [1.807, 2.05) is 6.92 Å². The van der Waals surface area contributed by atoms with E-state index in [0.29, 0.717) is 17.7 Å². The van der Waals surface area contributed by atoms with Crippen LogP contribution in [-0.4, -0.2) is 23.1 Å². The van der Waals surface area contributed by atoms with Gasteiger partial charge in [0.15, 0.2) is 0 Å². The van der Waals surface area contributed by atoms with E-state index < -0.39 is 23.3 Å². The van der Waals surface area contributed by atoms with Crippen LogP contribution in [0.4, 0.5) is 18.9 Å². The van der Waals surface area contributed by atoms with Gasteiger partial charge in [-0.15, -0.1) is 0 Å². The molecule has 1 unspecified atom stereocenters. The van der Waals surface area contributed by atoms with E-state index in [1.165, 1.54) is 19.2 Å². The van der Waals surface area contributed by atoms with E-state index >= 15 is 0 Å². The summed E-state index contributed by atoms with van der Waals surface area (Å²) in [4.78, 5) is 17.0. The lowest BCUT2D eigenvalue weighted by Crippen LogP contribution is -2.29. The van der Waals surface area contributed by atoms with Crippen molar-refractivity contribution in [3.05, 3.63) is 52.2 Å². The van der Waals surface area contributed by atoms with Gasteiger partial charge < -0.3 is 15.2 Å². The first kappa shape index (κ1) is 23.7. The standard InChI is InChI=1S/C22H27F3N2O3/c1-7-15-12(2)26-19(30-6)17(27-20(29)21(3,4)5)16(15)18(28)13-9-8-10-14(11-13)22(23,24)25/h8-11,18,28H,7H2,1-6H3,(H,27,29). The molecular weight excluding hydrogens is 397 g/mol. The molecule has 8 heteroatoms. The highest BCUT2D eigenvalue weighted by Gasteiger charge is 2.33. The van der Waals surface area contributed by atoms with Crippen molar-refractivity contribution in [2.24, 2.45) is 5.41 Å². The molecule has 0 saturated heterocycles. The number of halogens is 3. The summed E-state index contributed by atoms with van der Waals surface area (Å²) >= 11 is 0. The molecule has 2 aromatic rings. The largest absolute Gasteiger partial charge is 0.479 e. The molecule has 0 spiro atoms. The fourth-order valence-corrected chi connectivity index (χ4v) is 3.11. The van der Waals surface area contributed by atoms with Gasteiger partial charge in [0.2, 0.25) is 11.8 Å². The predicted molar refractivity (Wildman–Crippen MR) is 108 cm³/mol. The van der Waals surface area contributed by atoms with Crippen LogP contribution in [0.5, 0.6) is 5.88 Å². The number of carbonyl (C=O) groups is 1. The van der Waals surface area contributed by atoms with E-state index in [-0.39, 0.29) is 28.6 Å². The van der Waals surface area contributed by atoms with Crippen molar-refractivity contribution in [1.82, 2.24) is 4.98 Å². The zero-order valence-corrected chi connectivity index (χ0v) is 17.9. The Morgan fingerprint density at radius 3 is 2.40 bits per heavy atom. The van der Waals surface area contributed by atoms with Gasteiger partial charge in [0.1, 0.15) is 11.8 Å². The molecule has 2 rings (SSSR count). The molecule has 0 radical (unpaired) electrons. The first-order valence-corrected chi connectivity index (χ1v) is 9.55. The lowest BCUT2D eigenvalue weighted by atomic mass is 9.91. The van der Waals surface area contributed by atoms with Gasteiger partial charge in [-0.3, -0.25) is 4.79 Å². The second-order valence-corrected chi connectivity index (χ2v) is 8.06. The number of hydrogen-bond donors (Lipinski definition) is 2. The third-order valence-electron chi connectivity index (χ3n) is 4.78. The van der Waals surface area contributed by atoms with Gasteiger partial charge in [-0.05, 0) is 36.6 Å². The maximum Gasteiger partial charge on any atom is 0.416 e. The van der Waals surface area contributed by atoms with Gasteiger partial charge in [-0.1, -0.05) is 39.8 Å². The van der Waals surface area contributed by atoms with Crippen molar-refractivity contribution in [2.45, 2.75) is 53.3 Å². The molecule has 0 fully saturated rings. The minimum atomic E-state index is -4.54. The Kier molecular flexibility index (Phi) is 6.81. The zero-order valence-electron chi connectivity index (χ0n) is 17.9. The van der Waals surface area contributed by atoms with Gasteiger partial charge >= 0.3 is 6.18 Å². The number of aryl methyl sites for hydroxylation is 1. The number of nitrogens with one attached hydrogen (secondary N) is 1. The molecule has 0 saturated carbocycles. The molecule has 1 amide bonds. The summed E-state index contributed by atoms with van der Waals surface area (Å²) in [6.45, 7) is 8.73. The second-order valence-electron chi connectivity index (χ2n) is 8.06. The summed E-state index contributed by atoms with van der Waals surface area (Å²) in [5.41, 5.74) is 0.0620. The zero-order chi connectivity index (χ0) is 22.9. The van der Waals surface area contributed by atoms with Gasteiger partial charge in [0.05, 0.1) is 12.7 Å². The van der Waals surface area contributed by atoms with Crippen molar-refractivity contribution in [1.29, 1.82) is 0 Å². The van der Waals surface area contributed by atoms with Crippen LogP contribution in [0.2, 0.25) is 0 Å². The highest BCUT2D eigenvalue weighted by molar-refractivity contribution is 5.96. The number of hydrogen-bond acceptors (Lipinski definition) is 4. The lowest BCUT2D eigenvalue weighted by Gasteiger charge is -2.25. The average Bonchev–Trinajstić information content (AvgIpc) is 2.66. The molecule has 30 heavy (non-hydrogen) atoms. The summed E-state index contributed by atoms with van der Waals surface area (Å²) in [6, 6.07) is 4.50. The predicted octanol–water partition coefficient (Wildman–Crippen LogP) is 5.05. The van der Waals surface area contributed by atoms with Crippen molar-refractivity contribution in [2.75, 3.05) is 12.4 Å². The van der Waals surface area contributed by atoms with Crippen LogP contribution in [0.3, 0.4) is 0 Å². The summed E-state index contributed by atoms with van der Waals surface area (Å²) in [5.74, 6) is -0.255. The van der Waals surface area contributed by atoms with Crippen LogP contribution in [0, 0.1) is 12.3 Å². The molecule has 1 atom stereocenters. The number of alkyl halides is 3. The number of carbonyl (C=O) groups excluding carboxylic acids is 1. The fourth-order valence-electron chi connectivity index (χ4n) is 3.11. The van der Waals surface area contributed by atoms with Crippen LogP contribution in [0.25, 0.3) is 0 Å². The number of pyridine rings is 1. The summed E-state index contributed by atoms with van der Waals surface area (Å²) < 4.78 is 44.9. The summed E-state index contributed by atoms with van der Waals surface area (Å²) in [7, 11) is 1.38. The SMILES string of the molecule is CCc1c(C)nc(OC)c(NC(=O)C(C)(C)C)c1C(O)c1cccc(C(F)(F)F)c1. The van der Waals surface area contributed by atoms with Crippen molar-refractivity contribution >= 4 is 11.6 Å². The number of rotatable bonds is 5. The minimum absolute atomic E-state index is 0.0541. The fraction of sp³-hybridized carbons (Fsp3) is 0.455. The third kappa shape index (κ3) is 4.92. The van der Waals surface area contributed by atoms with Crippen LogP contribution in [0.1, 0.15) is 61.7 Å². The molecule has 0 bridgehead atoms. The van der Waals surface area contributed by atoms with Crippen molar-refractivity contribution in [3.8, 4) is 5.88 Å². The average molecular weight is 424 g/mol. The van der Waals surface area contributed by atoms with Crippen molar-refractivity contribution < 1.29 is 27.8 Å². The van der Waals surface area contributed by atoms with Crippen LogP contribution >= 0.6 is 0 Å². The Hall–Kier alpha value is -2.61. The van der Waals surface area contributed by atoms with Crippen LogP contribution in [-0.2, 0) is 17.4 Å². The molecule has 0 aliphatic rings. The number of benzene rings is 1. The van der Waals surface area contributed by atoms with E-state index in [1.54, 1.807) is 27.7 Å². The molecule has 164 valence electrons. The maximum absolute atomic E-state index is 13.2. The van der Waals surface area contributed by atoms with Crippen molar-refractivity contribution in [3.63, 3.8) is 0 Å². The van der Waals surface area contributed by atoms with Gasteiger partial charge in [0, 0.05) is 16.7 Å². The lowest BCUT2D eigenvalue weighted by molar-refractivity contribution is -0.137. The molecule has 1 aromatic heterocycles. The van der Waals surface area contributed by atoms with Gasteiger partial charge in [0.25, 0.3) is 0 Å². The van der Waals surface area contributed by atoms with E-state index in [2.05, 4.69) is 10.3 Å². The number of aliphatic hydroxyl groups is 1. The molecule has 0 aliphatic heterocycles. The first-order valence-electron chi connectivity index (χ1n) is 9.55. The minimum Gasteiger partial charge on any atom is -0.479 e. The van der Waals surface area contributed by atoms with Gasteiger partial charge in [-0.25, -0.2) is 4.98 Å². The van der Waals surface area contributed by atoms with Crippen LogP contribution < -0.4 is 10.1 Å². The quantitative estimate of drug-likeness (QED) is 0.705. The summed E-state index contributed by atoms with van der Waals surface area (Å²) in [6.07, 6.45) is -5.52. The topological polar surface area (TPSA) is 71.5 Å². The van der Waals surface area contributed by atoms with Gasteiger partial charge in [-0.2, -0.15) is 13.2 Å². The Bertz CT molecular complexity index is 934. The highest BCUT2D eigenvalue weighted by Crippen LogP contribution is 2.40. The second kappa shape index (κ2) is 8.63.